The zero-order chi connectivity index (χ0) is 12.2. The highest BCUT2D eigenvalue weighted by molar-refractivity contribution is 7.91. The molecule has 16 heavy (non-hydrogen) atoms. The molecule has 0 aliphatic rings. The van der Waals surface area contributed by atoms with Crippen LogP contribution in [0.1, 0.15) is 10.6 Å². The van der Waals surface area contributed by atoms with Crippen LogP contribution in [0, 0.1) is 0 Å². The summed E-state index contributed by atoms with van der Waals surface area (Å²) in [7, 11) is -0.958. The average Bonchev–Trinajstić information content (AvgIpc) is 2.75. The van der Waals surface area contributed by atoms with E-state index in [1.165, 1.54) is 26.4 Å². The second kappa shape index (κ2) is 5.13. The number of hydrogen-bond acceptors (Lipinski definition) is 6. The second-order valence-electron chi connectivity index (χ2n) is 2.92. The molecule has 0 radical (unpaired) electrons. The smallest absolute Gasteiger partial charge is 0.374 e. The quantitative estimate of drug-likeness (QED) is 0.705. The molecule has 0 atom stereocenters. The molecule has 1 aromatic rings. The van der Waals surface area contributed by atoms with E-state index in [1.807, 2.05) is 0 Å². The van der Waals surface area contributed by atoms with E-state index in [1.54, 1.807) is 0 Å². The summed E-state index contributed by atoms with van der Waals surface area (Å²) in [5.74, 6) is -1.05. The predicted octanol–water partition coefficient (Wildman–Crippen LogP) is 0.486. The number of furan rings is 1. The lowest BCUT2D eigenvalue weighted by Crippen LogP contribution is -2.10. The van der Waals surface area contributed by atoms with Gasteiger partial charge in [0, 0.05) is 7.11 Å². The van der Waals surface area contributed by atoms with E-state index in [0.717, 1.165) is 0 Å². The summed E-state index contributed by atoms with van der Waals surface area (Å²) in [5, 5.41) is -0.259. The minimum absolute atomic E-state index is 0.0661. The molecule has 0 unspecified atom stereocenters. The Balaban J connectivity index is 2.89. The molecule has 7 heteroatoms. The number of methoxy groups -OCH3 is 2. The van der Waals surface area contributed by atoms with Gasteiger partial charge < -0.3 is 13.9 Å². The summed E-state index contributed by atoms with van der Waals surface area (Å²) < 4.78 is 37.1. The maximum atomic E-state index is 11.6. The van der Waals surface area contributed by atoms with Crippen LogP contribution in [0.25, 0.3) is 0 Å². The fourth-order valence-electron chi connectivity index (χ4n) is 0.991. The lowest BCUT2D eigenvalue weighted by atomic mass is 10.5. The number of rotatable bonds is 5. The van der Waals surface area contributed by atoms with Gasteiger partial charge in [0.15, 0.2) is 0 Å². The number of hydrogen-bond donors (Lipinski definition) is 0. The van der Waals surface area contributed by atoms with Crippen molar-refractivity contribution in [2.45, 2.75) is 5.09 Å². The van der Waals surface area contributed by atoms with Crippen LogP contribution < -0.4 is 0 Å². The molecule has 1 rings (SSSR count). The van der Waals surface area contributed by atoms with Gasteiger partial charge in [-0.15, -0.1) is 0 Å². The molecule has 90 valence electrons. The fourth-order valence-corrected chi connectivity index (χ4v) is 2.07. The van der Waals surface area contributed by atoms with Crippen LogP contribution in [-0.2, 0) is 19.3 Å². The van der Waals surface area contributed by atoms with E-state index in [2.05, 4.69) is 9.47 Å². The molecular formula is C9H12O6S. The third-order valence-electron chi connectivity index (χ3n) is 1.83. The number of carbonyl (C=O) groups is 1. The third-order valence-corrected chi connectivity index (χ3v) is 3.37. The van der Waals surface area contributed by atoms with Crippen molar-refractivity contribution in [3.05, 3.63) is 17.9 Å². The first-order valence-electron chi connectivity index (χ1n) is 4.41. The largest absolute Gasteiger partial charge is 0.463 e. The van der Waals surface area contributed by atoms with Crippen molar-refractivity contribution < 1.29 is 27.1 Å². The highest BCUT2D eigenvalue weighted by atomic mass is 32.2. The van der Waals surface area contributed by atoms with Gasteiger partial charge in [0.2, 0.25) is 20.7 Å². The Kier molecular flexibility index (Phi) is 4.08. The minimum atomic E-state index is -3.54. The van der Waals surface area contributed by atoms with Gasteiger partial charge in [-0.1, -0.05) is 0 Å². The van der Waals surface area contributed by atoms with Gasteiger partial charge in [-0.25, -0.2) is 13.2 Å². The van der Waals surface area contributed by atoms with Crippen LogP contribution in [0.2, 0.25) is 0 Å². The van der Waals surface area contributed by atoms with E-state index in [4.69, 9.17) is 4.42 Å². The Labute approximate surface area is 93.1 Å². The Hall–Kier alpha value is -1.34. The first-order valence-corrected chi connectivity index (χ1v) is 6.06. The van der Waals surface area contributed by atoms with Gasteiger partial charge in [-0.2, -0.15) is 0 Å². The molecule has 1 aromatic heterocycles. The Morgan fingerprint density at radius 2 is 2.06 bits per heavy atom. The van der Waals surface area contributed by atoms with Crippen molar-refractivity contribution >= 4 is 15.8 Å². The molecule has 0 aliphatic carbocycles. The lowest BCUT2D eigenvalue weighted by molar-refractivity contribution is 0.0559. The van der Waals surface area contributed by atoms with Crippen LogP contribution in [-0.4, -0.2) is 41.0 Å². The summed E-state index contributed by atoms with van der Waals surface area (Å²) in [6.45, 7) is 0.0661. The van der Waals surface area contributed by atoms with Crippen LogP contribution in [0.15, 0.2) is 21.6 Å². The third kappa shape index (κ3) is 2.83. The van der Waals surface area contributed by atoms with Crippen LogP contribution in [0.4, 0.5) is 0 Å². The fraction of sp³-hybridized carbons (Fsp3) is 0.444. The van der Waals surface area contributed by atoms with Gasteiger partial charge >= 0.3 is 5.97 Å². The Morgan fingerprint density at radius 3 is 2.62 bits per heavy atom. The van der Waals surface area contributed by atoms with Crippen molar-refractivity contribution in [2.75, 3.05) is 26.6 Å². The van der Waals surface area contributed by atoms with Crippen molar-refractivity contribution in [3.8, 4) is 0 Å². The monoisotopic (exact) mass is 248 g/mol. The Bertz CT molecular complexity index is 458. The normalized spacial score (nSPS) is 11.4. The predicted molar refractivity (Wildman–Crippen MR) is 54.0 cm³/mol. The molecule has 0 saturated heterocycles. The van der Waals surface area contributed by atoms with Crippen molar-refractivity contribution in [1.82, 2.24) is 0 Å². The van der Waals surface area contributed by atoms with Crippen molar-refractivity contribution in [2.24, 2.45) is 0 Å². The van der Waals surface area contributed by atoms with E-state index in [0.29, 0.717) is 0 Å². The number of sulfone groups is 1. The van der Waals surface area contributed by atoms with Gasteiger partial charge in [-0.3, -0.25) is 0 Å². The molecular weight excluding hydrogens is 236 g/mol. The van der Waals surface area contributed by atoms with Gasteiger partial charge in [0.1, 0.15) is 0 Å². The van der Waals surface area contributed by atoms with Crippen molar-refractivity contribution in [3.63, 3.8) is 0 Å². The summed E-state index contributed by atoms with van der Waals surface area (Å²) in [6.07, 6.45) is 0. The minimum Gasteiger partial charge on any atom is -0.463 e. The first kappa shape index (κ1) is 12.7. The van der Waals surface area contributed by atoms with Crippen LogP contribution in [0.5, 0.6) is 0 Å². The SMILES string of the molecule is COCCS(=O)(=O)c1ccc(C(=O)OC)o1. The van der Waals surface area contributed by atoms with Crippen LogP contribution in [0.3, 0.4) is 0 Å². The zero-order valence-corrected chi connectivity index (χ0v) is 9.74. The summed E-state index contributed by atoms with van der Waals surface area (Å²) in [5.41, 5.74) is 0. The van der Waals surface area contributed by atoms with E-state index >= 15 is 0 Å². The molecule has 0 amide bonds. The molecule has 0 aliphatic heterocycles. The molecule has 0 N–H and O–H groups in total. The molecule has 0 bridgehead atoms. The van der Waals surface area contributed by atoms with Gasteiger partial charge in [0.25, 0.3) is 0 Å². The van der Waals surface area contributed by atoms with E-state index < -0.39 is 15.8 Å². The highest BCUT2D eigenvalue weighted by Gasteiger charge is 2.21. The standard InChI is InChI=1S/C9H12O6S/c1-13-5-6-16(11,12)8-4-3-7(15-8)9(10)14-2/h3-4H,5-6H2,1-2H3. The summed E-state index contributed by atoms with van der Waals surface area (Å²) >= 11 is 0. The first-order chi connectivity index (χ1) is 7.51. The number of carbonyl (C=O) groups excluding carboxylic acids is 1. The maximum absolute atomic E-state index is 11.6. The van der Waals surface area contributed by atoms with Crippen LogP contribution >= 0.6 is 0 Å². The highest BCUT2D eigenvalue weighted by Crippen LogP contribution is 2.16. The maximum Gasteiger partial charge on any atom is 0.374 e. The lowest BCUT2D eigenvalue weighted by Gasteiger charge is -1.99. The topological polar surface area (TPSA) is 82.8 Å². The van der Waals surface area contributed by atoms with E-state index in [-0.39, 0.29) is 23.2 Å². The molecule has 0 saturated carbocycles. The molecule has 0 fully saturated rings. The summed E-state index contributed by atoms with van der Waals surface area (Å²) in [6, 6.07) is 2.47. The van der Waals surface area contributed by atoms with E-state index in [9.17, 15) is 13.2 Å². The second-order valence-corrected chi connectivity index (χ2v) is 4.96. The average molecular weight is 248 g/mol. The molecule has 6 nitrogen and oxygen atoms in total. The molecule has 1 heterocycles. The van der Waals surface area contributed by atoms with Gasteiger partial charge in [0.05, 0.1) is 19.5 Å². The van der Waals surface area contributed by atoms with Gasteiger partial charge in [-0.05, 0) is 12.1 Å². The zero-order valence-electron chi connectivity index (χ0n) is 8.93. The number of esters is 1. The molecule has 0 spiro atoms. The Morgan fingerprint density at radius 1 is 1.38 bits per heavy atom. The number of ether oxygens (including phenoxy) is 2. The molecule has 0 aromatic carbocycles. The van der Waals surface area contributed by atoms with Crippen molar-refractivity contribution in [1.29, 1.82) is 0 Å². The summed E-state index contributed by atoms with van der Waals surface area (Å²) in [4.78, 5) is 11.0.